The molecule has 6 heteroatoms. The molecule has 1 aliphatic rings. The summed E-state index contributed by atoms with van der Waals surface area (Å²) in [6.45, 7) is 5.11. The average molecular weight is 243 g/mol. The molecule has 1 fully saturated rings. The average Bonchev–Trinajstić information content (AvgIpc) is 2.14. The summed E-state index contributed by atoms with van der Waals surface area (Å²) in [4.78, 5) is 35.1. The number of amides is 2. The summed E-state index contributed by atoms with van der Waals surface area (Å²) in [7, 11) is 0. The number of ether oxygens (including phenoxy) is 2. The largest absolute Gasteiger partial charge is 0.460 e. The molecule has 0 aromatic carbocycles. The molecule has 0 spiro atoms. The number of carbonyl (C=O) groups excluding carboxylic acids is 3. The number of nitrogens with zero attached hydrogens (tertiary/aromatic N) is 1. The molecule has 17 heavy (non-hydrogen) atoms. The highest BCUT2D eigenvalue weighted by Gasteiger charge is 2.27. The Bertz CT molecular complexity index is 315. The van der Waals surface area contributed by atoms with Gasteiger partial charge in [-0.3, -0.25) is 19.3 Å². The molecule has 6 nitrogen and oxygen atoms in total. The van der Waals surface area contributed by atoms with Gasteiger partial charge in [0.1, 0.15) is 18.8 Å². The molecule has 1 heterocycles. The summed E-state index contributed by atoms with van der Waals surface area (Å²) < 4.78 is 9.83. The van der Waals surface area contributed by atoms with Crippen molar-refractivity contribution >= 4 is 17.8 Å². The van der Waals surface area contributed by atoms with Gasteiger partial charge in [0.15, 0.2) is 0 Å². The van der Waals surface area contributed by atoms with E-state index in [4.69, 9.17) is 9.47 Å². The quantitative estimate of drug-likeness (QED) is 0.519. The fraction of sp³-hybridized carbons (Fsp3) is 0.727. The van der Waals surface area contributed by atoms with Gasteiger partial charge in [-0.1, -0.05) is 0 Å². The van der Waals surface area contributed by atoms with Gasteiger partial charge in [0, 0.05) is 6.54 Å². The zero-order valence-corrected chi connectivity index (χ0v) is 10.3. The van der Waals surface area contributed by atoms with E-state index in [9.17, 15) is 14.4 Å². The van der Waals surface area contributed by atoms with Crippen molar-refractivity contribution in [2.24, 2.45) is 0 Å². The molecule has 0 aliphatic carbocycles. The van der Waals surface area contributed by atoms with E-state index in [-0.39, 0.29) is 26.2 Å². The van der Waals surface area contributed by atoms with Crippen molar-refractivity contribution in [3.63, 3.8) is 0 Å². The number of morpholine rings is 1. The number of rotatable bonds is 3. The van der Waals surface area contributed by atoms with Crippen LogP contribution >= 0.6 is 0 Å². The van der Waals surface area contributed by atoms with Gasteiger partial charge < -0.3 is 9.47 Å². The first-order chi connectivity index (χ1) is 7.79. The van der Waals surface area contributed by atoms with Crippen molar-refractivity contribution in [3.05, 3.63) is 0 Å². The lowest BCUT2D eigenvalue weighted by atomic mass is 10.2. The van der Waals surface area contributed by atoms with Crippen molar-refractivity contribution in [2.75, 3.05) is 19.8 Å². The Balaban J connectivity index is 2.41. The monoisotopic (exact) mass is 243 g/mol. The van der Waals surface area contributed by atoms with Gasteiger partial charge in [-0.25, -0.2) is 0 Å². The topological polar surface area (TPSA) is 72.9 Å². The van der Waals surface area contributed by atoms with Gasteiger partial charge >= 0.3 is 5.97 Å². The Morgan fingerprint density at radius 1 is 1.29 bits per heavy atom. The Kier molecular flexibility index (Phi) is 4.22. The minimum atomic E-state index is -0.559. The predicted molar refractivity (Wildman–Crippen MR) is 58.0 cm³/mol. The minimum Gasteiger partial charge on any atom is -0.460 e. The first kappa shape index (κ1) is 13.6. The molecule has 0 unspecified atom stereocenters. The summed E-state index contributed by atoms with van der Waals surface area (Å²) in [5.74, 6) is -1.25. The standard InChI is InChI=1S/C11H17NO5/c1-11(2,3)17-10(15)4-5-12-8(13)6-16-7-9(12)14/h4-7H2,1-3H3. The van der Waals surface area contributed by atoms with Gasteiger partial charge in [-0.15, -0.1) is 0 Å². The Labute approximate surface area is 99.9 Å². The SMILES string of the molecule is CC(C)(C)OC(=O)CCN1C(=O)COCC1=O. The maximum atomic E-state index is 11.4. The third kappa shape index (κ3) is 4.52. The van der Waals surface area contributed by atoms with Crippen LogP contribution in [0.4, 0.5) is 0 Å². The second-order valence-electron chi connectivity index (χ2n) is 4.77. The zero-order valence-electron chi connectivity index (χ0n) is 10.3. The van der Waals surface area contributed by atoms with Crippen LogP contribution in [0.1, 0.15) is 27.2 Å². The third-order valence-electron chi connectivity index (χ3n) is 2.01. The zero-order chi connectivity index (χ0) is 13.1. The lowest BCUT2D eigenvalue weighted by molar-refractivity contribution is -0.160. The van der Waals surface area contributed by atoms with Gasteiger partial charge in [0.2, 0.25) is 0 Å². The Hall–Kier alpha value is -1.43. The van der Waals surface area contributed by atoms with E-state index in [1.165, 1.54) is 0 Å². The second kappa shape index (κ2) is 5.27. The number of carbonyl (C=O) groups is 3. The molecular weight excluding hydrogens is 226 g/mol. The smallest absolute Gasteiger partial charge is 0.308 e. The molecule has 0 bridgehead atoms. The number of imide groups is 1. The molecule has 2 amide bonds. The van der Waals surface area contributed by atoms with Crippen LogP contribution < -0.4 is 0 Å². The van der Waals surface area contributed by atoms with E-state index in [0.717, 1.165) is 4.90 Å². The number of hydrogen-bond acceptors (Lipinski definition) is 5. The fourth-order valence-corrected chi connectivity index (χ4v) is 1.37. The van der Waals surface area contributed by atoms with E-state index < -0.39 is 23.4 Å². The van der Waals surface area contributed by atoms with Crippen LogP contribution in [-0.2, 0) is 23.9 Å². The summed E-state index contributed by atoms with van der Waals surface area (Å²) in [5, 5.41) is 0. The summed E-state index contributed by atoms with van der Waals surface area (Å²) in [6, 6.07) is 0. The van der Waals surface area contributed by atoms with E-state index >= 15 is 0 Å². The van der Waals surface area contributed by atoms with E-state index in [2.05, 4.69) is 0 Å². The van der Waals surface area contributed by atoms with E-state index in [1.807, 2.05) is 0 Å². The van der Waals surface area contributed by atoms with Crippen LogP contribution in [0.3, 0.4) is 0 Å². The lowest BCUT2D eigenvalue weighted by Crippen LogP contribution is -2.47. The third-order valence-corrected chi connectivity index (χ3v) is 2.01. The van der Waals surface area contributed by atoms with Crippen molar-refractivity contribution in [3.8, 4) is 0 Å². The van der Waals surface area contributed by atoms with Crippen LogP contribution in [0.5, 0.6) is 0 Å². The van der Waals surface area contributed by atoms with Crippen LogP contribution in [0.2, 0.25) is 0 Å². The molecule has 0 aromatic rings. The van der Waals surface area contributed by atoms with Crippen molar-refractivity contribution in [1.29, 1.82) is 0 Å². The highest BCUT2D eigenvalue weighted by Crippen LogP contribution is 2.09. The van der Waals surface area contributed by atoms with E-state index in [1.54, 1.807) is 20.8 Å². The normalized spacial score (nSPS) is 17.2. The molecule has 0 aromatic heterocycles. The molecular formula is C11H17NO5. The number of hydrogen-bond donors (Lipinski definition) is 0. The molecule has 0 radical (unpaired) electrons. The molecule has 0 atom stereocenters. The second-order valence-corrected chi connectivity index (χ2v) is 4.77. The fourth-order valence-electron chi connectivity index (χ4n) is 1.37. The van der Waals surface area contributed by atoms with Gasteiger partial charge in [-0.05, 0) is 20.8 Å². The summed E-state index contributed by atoms with van der Waals surface area (Å²) in [5.41, 5.74) is -0.559. The highest BCUT2D eigenvalue weighted by molar-refractivity contribution is 5.98. The van der Waals surface area contributed by atoms with Crippen LogP contribution in [-0.4, -0.2) is 48.0 Å². The van der Waals surface area contributed by atoms with Gasteiger partial charge in [0.05, 0.1) is 6.42 Å². The molecule has 0 N–H and O–H groups in total. The van der Waals surface area contributed by atoms with Crippen molar-refractivity contribution in [2.45, 2.75) is 32.8 Å². The molecule has 0 saturated carbocycles. The molecule has 1 rings (SSSR count). The maximum Gasteiger partial charge on any atom is 0.308 e. The van der Waals surface area contributed by atoms with Crippen LogP contribution in [0.15, 0.2) is 0 Å². The van der Waals surface area contributed by atoms with Crippen molar-refractivity contribution in [1.82, 2.24) is 4.90 Å². The van der Waals surface area contributed by atoms with Crippen LogP contribution in [0.25, 0.3) is 0 Å². The molecule has 1 saturated heterocycles. The lowest BCUT2D eigenvalue weighted by Gasteiger charge is -2.25. The number of esters is 1. The van der Waals surface area contributed by atoms with Gasteiger partial charge in [-0.2, -0.15) is 0 Å². The van der Waals surface area contributed by atoms with E-state index in [0.29, 0.717) is 0 Å². The first-order valence-corrected chi connectivity index (χ1v) is 5.42. The molecule has 1 aliphatic heterocycles. The Morgan fingerprint density at radius 2 is 1.82 bits per heavy atom. The van der Waals surface area contributed by atoms with Crippen LogP contribution in [0, 0.1) is 0 Å². The predicted octanol–water partition coefficient (Wildman–Crippen LogP) is 0.104. The highest BCUT2D eigenvalue weighted by atomic mass is 16.6. The van der Waals surface area contributed by atoms with Crippen molar-refractivity contribution < 1.29 is 23.9 Å². The first-order valence-electron chi connectivity index (χ1n) is 5.42. The summed E-state index contributed by atoms with van der Waals surface area (Å²) >= 11 is 0. The Morgan fingerprint density at radius 3 is 2.29 bits per heavy atom. The summed E-state index contributed by atoms with van der Waals surface area (Å²) in [6.07, 6.45) is 0.00868. The minimum absolute atomic E-state index is 0.00868. The van der Waals surface area contributed by atoms with Gasteiger partial charge in [0.25, 0.3) is 11.8 Å². The molecule has 96 valence electrons. The maximum absolute atomic E-state index is 11.4.